The van der Waals surface area contributed by atoms with Crippen LogP contribution in [0.3, 0.4) is 0 Å². The zero-order chi connectivity index (χ0) is 23.6. The van der Waals surface area contributed by atoms with E-state index >= 15 is 0 Å². The molecule has 0 fully saturated rings. The molecule has 3 rings (SSSR count). The highest BCUT2D eigenvalue weighted by molar-refractivity contribution is 5.32. The van der Waals surface area contributed by atoms with Gasteiger partial charge < -0.3 is 0 Å². The van der Waals surface area contributed by atoms with Crippen LogP contribution >= 0.6 is 0 Å². The molecular formula is C31H44. The fraction of sp³-hybridized carbons (Fsp3) is 0.419. The molecule has 31 heavy (non-hydrogen) atoms. The molecule has 0 heterocycles. The maximum atomic E-state index is 2.25. The number of aryl methyl sites for hydroxylation is 4. The Bertz CT molecular complexity index is 913. The maximum absolute atomic E-state index is 2.25. The fourth-order valence-corrected chi connectivity index (χ4v) is 3.74. The van der Waals surface area contributed by atoms with Crippen LogP contribution in [0.15, 0.2) is 66.7 Å². The third-order valence-corrected chi connectivity index (χ3v) is 5.57. The molecule has 0 amide bonds. The van der Waals surface area contributed by atoms with Crippen LogP contribution in [0.5, 0.6) is 0 Å². The van der Waals surface area contributed by atoms with Crippen molar-refractivity contribution in [2.45, 2.75) is 87.0 Å². The summed E-state index contributed by atoms with van der Waals surface area (Å²) in [6.07, 6.45) is 0. The molecule has 0 heteroatoms. The van der Waals surface area contributed by atoms with E-state index < -0.39 is 0 Å². The molecule has 168 valence electrons. The molecule has 0 atom stereocenters. The van der Waals surface area contributed by atoms with Gasteiger partial charge in [-0.05, 0) is 73.3 Å². The van der Waals surface area contributed by atoms with Gasteiger partial charge in [0.1, 0.15) is 0 Å². The molecule has 0 spiro atoms. The summed E-state index contributed by atoms with van der Waals surface area (Å²) in [5, 5.41) is 0. The second kappa shape index (κ2) is 13.2. The Morgan fingerprint density at radius 1 is 0.452 bits per heavy atom. The SMILES string of the molecule is Cc1ccc(C(C)C)c(C)c1.Cc1cccc(C(C)C)c1.Cc1ccccc1C(C)C. The van der Waals surface area contributed by atoms with E-state index in [0.717, 1.165) is 0 Å². The lowest BCUT2D eigenvalue weighted by atomic mass is 9.97. The summed E-state index contributed by atoms with van der Waals surface area (Å²) in [5.41, 5.74) is 9.88. The topological polar surface area (TPSA) is 0 Å². The molecule has 0 N–H and O–H groups in total. The Kier molecular flexibility index (Phi) is 11.3. The van der Waals surface area contributed by atoms with E-state index in [4.69, 9.17) is 0 Å². The highest BCUT2D eigenvalue weighted by Crippen LogP contribution is 2.19. The first kappa shape index (κ1) is 26.7. The minimum atomic E-state index is 0.649. The molecule has 0 aliphatic carbocycles. The van der Waals surface area contributed by atoms with Crippen LogP contribution in [0.4, 0.5) is 0 Å². The average molecular weight is 417 g/mol. The lowest BCUT2D eigenvalue weighted by Gasteiger charge is -2.09. The fourth-order valence-electron chi connectivity index (χ4n) is 3.74. The summed E-state index contributed by atoms with van der Waals surface area (Å²) in [7, 11) is 0. The Morgan fingerprint density at radius 3 is 1.42 bits per heavy atom. The molecule has 3 aromatic carbocycles. The summed E-state index contributed by atoms with van der Waals surface area (Å²) >= 11 is 0. The minimum absolute atomic E-state index is 0.649. The predicted octanol–water partition coefficient (Wildman–Crippen LogP) is 9.66. The van der Waals surface area contributed by atoms with Crippen molar-refractivity contribution in [2.24, 2.45) is 0 Å². The van der Waals surface area contributed by atoms with Gasteiger partial charge in [-0.15, -0.1) is 0 Å². The Labute approximate surface area is 192 Å². The Balaban J connectivity index is 0.000000233. The molecule has 0 aromatic heterocycles. The first-order valence-electron chi connectivity index (χ1n) is 11.7. The number of hydrogen-bond donors (Lipinski definition) is 0. The quantitative estimate of drug-likeness (QED) is 0.398. The molecule has 3 aromatic rings. The van der Waals surface area contributed by atoms with E-state index in [1.54, 1.807) is 0 Å². The Hall–Kier alpha value is -2.34. The molecule has 0 bridgehead atoms. The maximum Gasteiger partial charge on any atom is -0.0216 e. The molecular weight excluding hydrogens is 372 g/mol. The first-order valence-corrected chi connectivity index (χ1v) is 11.7. The van der Waals surface area contributed by atoms with Gasteiger partial charge in [-0.25, -0.2) is 0 Å². The summed E-state index contributed by atoms with van der Waals surface area (Å²) in [4.78, 5) is 0. The van der Waals surface area contributed by atoms with Crippen LogP contribution in [0.25, 0.3) is 0 Å². The lowest BCUT2D eigenvalue weighted by molar-refractivity contribution is 0.855. The van der Waals surface area contributed by atoms with Crippen LogP contribution in [-0.4, -0.2) is 0 Å². The molecule has 0 aliphatic rings. The molecule has 0 aliphatic heterocycles. The first-order chi connectivity index (χ1) is 14.5. The monoisotopic (exact) mass is 416 g/mol. The van der Waals surface area contributed by atoms with Crippen LogP contribution in [0, 0.1) is 27.7 Å². The molecule has 0 radical (unpaired) electrons. The van der Waals surface area contributed by atoms with E-state index in [1.807, 2.05) is 0 Å². The second-order valence-electron chi connectivity index (χ2n) is 9.59. The zero-order valence-corrected chi connectivity index (χ0v) is 21.6. The number of benzene rings is 3. The van der Waals surface area contributed by atoms with Crippen molar-refractivity contribution >= 4 is 0 Å². The smallest absolute Gasteiger partial charge is 0.0216 e. The van der Waals surface area contributed by atoms with Crippen molar-refractivity contribution in [2.75, 3.05) is 0 Å². The standard InChI is InChI=1S/C11H16.2C10H14/c1-8(2)11-6-5-9(3)7-10(11)4;1-8(2)10-6-4-5-9(3)7-10;1-8(2)10-7-5-4-6-9(10)3/h5-8H,1-4H3;2*4-8H,1-3H3. The van der Waals surface area contributed by atoms with Crippen LogP contribution in [-0.2, 0) is 0 Å². The van der Waals surface area contributed by atoms with Gasteiger partial charge in [0.15, 0.2) is 0 Å². The zero-order valence-electron chi connectivity index (χ0n) is 21.6. The van der Waals surface area contributed by atoms with Gasteiger partial charge in [0.25, 0.3) is 0 Å². The predicted molar refractivity (Wildman–Crippen MR) is 141 cm³/mol. The largest absolute Gasteiger partial charge is 0.0620 e. The van der Waals surface area contributed by atoms with Gasteiger partial charge in [0.05, 0.1) is 0 Å². The summed E-state index contributed by atoms with van der Waals surface area (Å²) < 4.78 is 0. The van der Waals surface area contributed by atoms with Crippen molar-refractivity contribution in [3.05, 3.63) is 106 Å². The molecule has 0 saturated heterocycles. The van der Waals surface area contributed by atoms with Gasteiger partial charge >= 0.3 is 0 Å². The average Bonchev–Trinajstić information content (AvgIpc) is 2.68. The molecule has 0 unspecified atom stereocenters. The van der Waals surface area contributed by atoms with E-state index in [2.05, 4.69) is 136 Å². The number of hydrogen-bond acceptors (Lipinski definition) is 0. The van der Waals surface area contributed by atoms with Crippen molar-refractivity contribution < 1.29 is 0 Å². The van der Waals surface area contributed by atoms with Gasteiger partial charge in [0.2, 0.25) is 0 Å². The minimum Gasteiger partial charge on any atom is -0.0620 e. The lowest BCUT2D eigenvalue weighted by Crippen LogP contribution is -1.91. The van der Waals surface area contributed by atoms with Gasteiger partial charge in [-0.1, -0.05) is 119 Å². The highest BCUT2D eigenvalue weighted by atomic mass is 14.1. The molecule has 0 nitrogen and oxygen atoms in total. The van der Waals surface area contributed by atoms with Crippen molar-refractivity contribution in [1.82, 2.24) is 0 Å². The van der Waals surface area contributed by atoms with E-state index in [0.29, 0.717) is 17.8 Å². The van der Waals surface area contributed by atoms with E-state index in [-0.39, 0.29) is 0 Å². The van der Waals surface area contributed by atoms with Gasteiger partial charge in [-0.3, -0.25) is 0 Å². The normalized spacial score (nSPS) is 10.5. The van der Waals surface area contributed by atoms with Crippen LogP contribution in [0.1, 0.15) is 98.2 Å². The third kappa shape index (κ3) is 9.55. The van der Waals surface area contributed by atoms with Crippen molar-refractivity contribution in [3.63, 3.8) is 0 Å². The summed E-state index contributed by atoms with van der Waals surface area (Å²) in [5.74, 6) is 1.96. The second-order valence-corrected chi connectivity index (χ2v) is 9.59. The van der Waals surface area contributed by atoms with E-state index in [9.17, 15) is 0 Å². The number of rotatable bonds is 3. The highest BCUT2D eigenvalue weighted by Gasteiger charge is 2.01. The summed E-state index contributed by atoms with van der Waals surface area (Å²) in [6, 6.07) is 23.9. The van der Waals surface area contributed by atoms with Crippen molar-refractivity contribution in [3.8, 4) is 0 Å². The van der Waals surface area contributed by atoms with Crippen molar-refractivity contribution in [1.29, 1.82) is 0 Å². The summed E-state index contributed by atoms with van der Waals surface area (Å²) in [6.45, 7) is 22.0. The molecule has 0 saturated carbocycles. The van der Waals surface area contributed by atoms with Crippen LogP contribution < -0.4 is 0 Å². The Morgan fingerprint density at radius 2 is 1.00 bits per heavy atom. The van der Waals surface area contributed by atoms with Gasteiger partial charge in [-0.2, -0.15) is 0 Å². The van der Waals surface area contributed by atoms with Gasteiger partial charge in [0, 0.05) is 0 Å². The third-order valence-electron chi connectivity index (χ3n) is 5.57. The van der Waals surface area contributed by atoms with E-state index in [1.165, 1.54) is 38.9 Å². The van der Waals surface area contributed by atoms with Crippen LogP contribution in [0.2, 0.25) is 0 Å².